The van der Waals surface area contributed by atoms with E-state index < -0.39 is 12.1 Å². The molecule has 0 bridgehead atoms. The lowest BCUT2D eigenvalue weighted by molar-refractivity contribution is -0.167. The fraction of sp³-hybridized carbons (Fsp3) is 0.0882. The number of anilines is 4. The number of nitriles is 2. The number of nitrogens with two attached hydrogens (primary N) is 1. The zero-order chi connectivity index (χ0) is 37.6. The number of halogens is 3. The molecule has 4 aromatic carbocycles. The Kier molecular flexibility index (Phi) is 10.8. The maximum Gasteiger partial charge on any atom is 0.471 e. The quantitative estimate of drug-likeness (QED) is 0.116. The van der Waals surface area contributed by atoms with Crippen LogP contribution in [0.1, 0.15) is 25.0 Å². The first-order chi connectivity index (χ1) is 24.7. The van der Waals surface area contributed by atoms with Gasteiger partial charge in [-0.05, 0) is 48.5 Å². The molecule has 0 saturated carbocycles. The number of thiazole rings is 2. The molecule has 0 spiro atoms. The van der Waals surface area contributed by atoms with Gasteiger partial charge < -0.3 is 31.2 Å². The number of nitrogens with zero attached hydrogens (tertiary/aromatic N) is 4. The second-order valence-electron chi connectivity index (χ2n) is 10.5. The molecule has 0 radical (unpaired) electrons. The third kappa shape index (κ3) is 8.87. The number of alkyl halides is 3. The molecule has 0 saturated heterocycles. The monoisotopic (exact) mass is 744 g/mol. The average molecular weight is 745 g/mol. The molecule has 0 aliphatic rings. The maximum absolute atomic E-state index is 12.4. The van der Waals surface area contributed by atoms with Gasteiger partial charge in [0.2, 0.25) is 11.8 Å². The number of nitrogen functional groups attached to an aromatic ring is 1. The number of hydrogen-bond acceptors (Lipinski definition) is 12. The van der Waals surface area contributed by atoms with E-state index in [2.05, 4.69) is 26.7 Å². The van der Waals surface area contributed by atoms with Gasteiger partial charge >= 0.3 is 12.1 Å². The highest BCUT2D eigenvalue weighted by atomic mass is 32.1. The molecule has 6 aromatic rings. The number of carbonyl (C=O) groups is 3. The largest absolute Gasteiger partial charge is 0.471 e. The summed E-state index contributed by atoms with van der Waals surface area (Å²) in [6, 6.07) is 23.0. The maximum atomic E-state index is 12.4. The van der Waals surface area contributed by atoms with Crippen LogP contribution in [-0.2, 0) is 14.4 Å². The van der Waals surface area contributed by atoms with Gasteiger partial charge in [-0.25, -0.2) is 9.97 Å². The molecule has 0 unspecified atom stereocenters. The van der Waals surface area contributed by atoms with Crippen molar-refractivity contribution in [2.45, 2.75) is 20.0 Å². The summed E-state index contributed by atoms with van der Waals surface area (Å²) < 4.78 is 49.8. The highest BCUT2D eigenvalue weighted by Gasteiger charge is 2.38. The summed E-state index contributed by atoms with van der Waals surface area (Å²) in [4.78, 5) is 41.9. The van der Waals surface area contributed by atoms with Crippen LogP contribution in [0.15, 0.2) is 72.8 Å². The van der Waals surface area contributed by atoms with Gasteiger partial charge in [0.1, 0.15) is 46.3 Å². The topological polar surface area (TPSA) is 205 Å². The minimum atomic E-state index is -5.02. The minimum Gasteiger partial charge on any atom is -0.456 e. The third-order valence-electron chi connectivity index (χ3n) is 6.49. The normalized spacial score (nSPS) is 10.7. The molecule has 0 aliphatic carbocycles. The van der Waals surface area contributed by atoms with E-state index in [1.807, 2.05) is 6.07 Å². The average Bonchev–Trinajstić information content (AvgIpc) is 3.67. The first-order valence-corrected chi connectivity index (χ1v) is 16.3. The Bertz CT molecular complexity index is 2430. The summed E-state index contributed by atoms with van der Waals surface area (Å²) >= 11 is 2.32. The number of carbonyl (C=O) groups excluding carboxylic acids is 3. The third-order valence-corrected chi connectivity index (χ3v) is 8.50. The van der Waals surface area contributed by atoms with Crippen molar-refractivity contribution in [1.82, 2.24) is 9.97 Å². The van der Waals surface area contributed by atoms with Crippen molar-refractivity contribution in [3.63, 3.8) is 0 Å². The van der Waals surface area contributed by atoms with Crippen LogP contribution in [0.2, 0.25) is 0 Å². The molecule has 0 aliphatic heterocycles. The number of ether oxygens (including phenoxy) is 2. The first kappa shape index (κ1) is 36.5. The van der Waals surface area contributed by atoms with Gasteiger partial charge in [0.15, 0.2) is 10.3 Å². The van der Waals surface area contributed by atoms with E-state index >= 15 is 0 Å². The molecule has 2 aromatic heterocycles. The molecule has 0 atom stereocenters. The molecular weight excluding hydrogens is 722 g/mol. The summed E-state index contributed by atoms with van der Waals surface area (Å²) in [5.41, 5.74) is 7.83. The van der Waals surface area contributed by atoms with Crippen LogP contribution in [0.5, 0.6) is 23.0 Å². The summed E-state index contributed by atoms with van der Waals surface area (Å²) in [5, 5.41) is 26.7. The fourth-order valence-corrected chi connectivity index (χ4v) is 6.41. The van der Waals surface area contributed by atoms with E-state index in [9.17, 15) is 38.1 Å². The van der Waals surface area contributed by atoms with Gasteiger partial charge in [-0.15, -0.1) is 0 Å². The number of benzene rings is 4. The number of amides is 3. The van der Waals surface area contributed by atoms with Crippen molar-refractivity contribution in [2.24, 2.45) is 0 Å². The van der Waals surface area contributed by atoms with Crippen molar-refractivity contribution in [3.05, 3.63) is 83.9 Å². The van der Waals surface area contributed by atoms with Crippen LogP contribution < -0.4 is 31.2 Å². The van der Waals surface area contributed by atoms with Crippen LogP contribution in [0.25, 0.3) is 20.4 Å². The Morgan fingerprint density at radius 2 is 1.21 bits per heavy atom. The minimum absolute atomic E-state index is 0.116. The van der Waals surface area contributed by atoms with Gasteiger partial charge in [0, 0.05) is 37.4 Å². The SMILES string of the molecule is CC(=O)Nc1nc2ccc(Oc3cccc(N)c3)c(C#N)c2s1.CC(=O)Nc1nc2ccc(Oc3cccc(NC(=O)C(F)(F)F)c3)c(C#N)c2s1. The summed E-state index contributed by atoms with van der Waals surface area (Å²) in [6.45, 7) is 2.74. The molecule has 6 rings (SSSR count). The second-order valence-corrected chi connectivity index (χ2v) is 12.5. The van der Waals surface area contributed by atoms with Gasteiger partial charge in [-0.2, -0.15) is 23.7 Å². The summed E-state index contributed by atoms with van der Waals surface area (Å²) in [5.74, 6) is -1.39. The molecule has 3 amide bonds. The van der Waals surface area contributed by atoms with Crippen LogP contribution >= 0.6 is 22.7 Å². The number of nitrogens with one attached hydrogen (secondary N) is 3. The number of rotatable bonds is 7. The smallest absolute Gasteiger partial charge is 0.456 e. The molecule has 5 N–H and O–H groups in total. The van der Waals surface area contributed by atoms with Gasteiger partial charge in [0.25, 0.3) is 0 Å². The second kappa shape index (κ2) is 15.4. The standard InChI is InChI=1S/C18H11F3N4O3S.C16H12N4O2S/c1-9(26)23-17-25-13-5-6-14(12(8-22)15(13)29-17)28-11-4-2-3-10(7-11)24-16(27)18(19,20)21;1-9(21)19-16-20-13-5-6-14(12(8-17)15(13)23-16)22-11-4-2-3-10(18)7-11/h2-7H,1H3,(H,24,27)(H,23,25,26);2-7H,18H2,1H3,(H,19,20,21). The van der Waals surface area contributed by atoms with E-state index in [-0.39, 0.29) is 34.6 Å². The highest BCUT2D eigenvalue weighted by molar-refractivity contribution is 7.23. The van der Waals surface area contributed by atoms with Crippen LogP contribution in [0.4, 0.5) is 34.8 Å². The van der Waals surface area contributed by atoms with E-state index in [0.717, 1.165) is 11.3 Å². The van der Waals surface area contributed by atoms with Crippen molar-refractivity contribution in [3.8, 4) is 35.1 Å². The van der Waals surface area contributed by atoms with Gasteiger partial charge in [-0.1, -0.05) is 34.8 Å². The zero-order valence-corrected chi connectivity index (χ0v) is 28.4. The zero-order valence-electron chi connectivity index (χ0n) is 26.8. The lowest BCUT2D eigenvalue weighted by atomic mass is 10.2. The molecule has 262 valence electrons. The van der Waals surface area contributed by atoms with Crippen molar-refractivity contribution < 1.29 is 37.0 Å². The highest BCUT2D eigenvalue weighted by Crippen LogP contribution is 2.38. The van der Waals surface area contributed by atoms with E-state index in [1.54, 1.807) is 47.8 Å². The molecule has 52 heavy (non-hydrogen) atoms. The van der Waals surface area contributed by atoms with Crippen LogP contribution in [0.3, 0.4) is 0 Å². The Morgan fingerprint density at radius 1 is 0.731 bits per heavy atom. The Labute approximate surface area is 300 Å². The van der Waals surface area contributed by atoms with Crippen molar-refractivity contribution >= 4 is 82.5 Å². The fourth-order valence-electron chi connectivity index (χ4n) is 4.41. The molecule has 18 heteroatoms. The number of fused-ring (bicyclic) bond motifs is 2. The predicted octanol–water partition coefficient (Wildman–Crippen LogP) is 7.92. The Balaban J connectivity index is 0.000000206. The Hall–Kier alpha value is -6.76. The van der Waals surface area contributed by atoms with Gasteiger partial charge in [0.05, 0.1) is 20.4 Å². The van der Waals surface area contributed by atoms with E-state index in [1.165, 1.54) is 55.5 Å². The van der Waals surface area contributed by atoms with Crippen molar-refractivity contribution in [2.75, 3.05) is 21.7 Å². The Morgan fingerprint density at radius 3 is 1.65 bits per heavy atom. The number of aromatic nitrogens is 2. The van der Waals surface area contributed by atoms with Crippen LogP contribution in [0, 0.1) is 22.7 Å². The molecular formula is C34H23F3N8O5S2. The van der Waals surface area contributed by atoms with Gasteiger partial charge in [-0.3, -0.25) is 14.4 Å². The predicted molar refractivity (Wildman–Crippen MR) is 189 cm³/mol. The molecule has 2 heterocycles. The number of hydrogen-bond donors (Lipinski definition) is 4. The lowest BCUT2D eigenvalue weighted by Crippen LogP contribution is -2.29. The first-order valence-electron chi connectivity index (χ1n) is 14.7. The van der Waals surface area contributed by atoms with Crippen LogP contribution in [-0.4, -0.2) is 33.9 Å². The lowest BCUT2D eigenvalue weighted by Gasteiger charge is -2.11. The molecule has 0 fully saturated rings. The van der Waals surface area contributed by atoms with E-state index in [0.29, 0.717) is 53.4 Å². The summed E-state index contributed by atoms with van der Waals surface area (Å²) in [7, 11) is 0. The summed E-state index contributed by atoms with van der Waals surface area (Å²) in [6.07, 6.45) is -5.02. The van der Waals surface area contributed by atoms with Crippen molar-refractivity contribution in [1.29, 1.82) is 10.5 Å². The molecule has 13 nitrogen and oxygen atoms in total. The van der Waals surface area contributed by atoms with E-state index in [4.69, 9.17) is 15.2 Å².